The SMILES string of the molecule is COc1ccc(C)cc1NC(=O)Cn1ccc2sc(C)cc2c1=O. The molecule has 1 N–H and O–H groups in total. The van der Waals surface area contributed by atoms with Gasteiger partial charge in [-0.05, 0) is 43.7 Å². The van der Waals surface area contributed by atoms with E-state index >= 15 is 0 Å². The average Bonchev–Trinajstić information content (AvgIpc) is 2.92. The topological polar surface area (TPSA) is 60.3 Å². The Labute approximate surface area is 143 Å². The molecular formula is C18H18N2O3S. The Hall–Kier alpha value is -2.60. The van der Waals surface area contributed by atoms with Gasteiger partial charge in [-0.3, -0.25) is 9.59 Å². The number of hydrogen-bond donors (Lipinski definition) is 1. The number of carbonyl (C=O) groups is 1. The van der Waals surface area contributed by atoms with Crippen molar-refractivity contribution < 1.29 is 9.53 Å². The van der Waals surface area contributed by atoms with Gasteiger partial charge in [-0.1, -0.05) is 6.07 Å². The Morgan fingerprint density at radius 2 is 2.04 bits per heavy atom. The van der Waals surface area contributed by atoms with E-state index in [2.05, 4.69) is 5.32 Å². The van der Waals surface area contributed by atoms with Crippen LogP contribution in [0.25, 0.3) is 10.1 Å². The number of nitrogens with zero attached hydrogens (tertiary/aromatic N) is 1. The van der Waals surface area contributed by atoms with Gasteiger partial charge in [0.1, 0.15) is 12.3 Å². The number of aromatic nitrogens is 1. The van der Waals surface area contributed by atoms with E-state index in [0.717, 1.165) is 15.1 Å². The molecule has 0 fully saturated rings. The maximum atomic E-state index is 12.5. The number of aryl methyl sites for hydroxylation is 2. The Balaban J connectivity index is 1.84. The molecule has 0 aliphatic carbocycles. The lowest BCUT2D eigenvalue weighted by atomic mass is 10.2. The number of hydrogen-bond acceptors (Lipinski definition) is 4. The second-order valence-electron chi connectivity index (χ2n) is 5.64. The summed E-state index contributed by atoms with van der Waals surface area (Å²) in [5.74, 6) is 0.317. The average molecular weight is 342 g/mol. The summed E-state index contributed by atoms with van der Waals surface area (Å²) in [6, 6.07) is 9.28. The maximum Gasteiger partial charge on any atom is 0.259 e. The fourth-order valence-corrected chi connectivity index (χ4v) is 3.50. The minimum Gasteiger partial charge on any atom is -0.495 e. The summed E-state index contributed by atoms with van der Waals surface area (Å²) in [6.07, 6.45) is 1.66. The third-order valence-corrected chi connectivity index (χ3v) is 4.74. The molecule has 0 aliphatic heterocycles. The quantitative estimate of drug-likeness (QED) is 0.791. The van der Waals surface area contributed by atoms with Crippen molar-refractivity contribution in [2.45, 2.75) is 20.4 Å². The molecule has 6 heteroatoms. The highest BCUT2D eigenvalue weighted by molar-refractivity contribution is 7.18. The summed E-state index contributed by atoms with van der Waals surface area (Å²) in [4.78, 5) is 25.9. The first-order valence-corrected chi connectivity index (χ1v) is 8.33. The largest absolute Gasteiger partial charge is 0.495 e. The summed E-state index contributed by atoms with van der Waals surface area (Å²) in [5.41, 5.74) is 1.46. The molecule has 0 radical (unpaired) electrons. The second kappa shape index (κ2) is 6.49. The van der Waals surface area contributed by atoms with Crippen LogP contribution in [0, 0.1) is 13.8 Å². The zero-order chi connectivity index (χ0) is 17.3. The second-order valence-corrected chi connectivity index (χ2v) is 6.92. The summed E-state index contributed by atoms with van der Waals surface area (Å²) < 4.78 is 7.62. The van der Waals surface area contributed by atoms with Gasteiger partial charge in [0.05, 0.1) is 18.2 Å². The lowest BCUT2D eigenvalue weighted by molar-refractivity contribution is -0.116. The van der Waals surface area contributed by atoms with Crippen molar-refractivity contribution in [3.05, 3.63) is 57.3 Å². The first kappa shape index (κ1) is 16.3. The van der Waals surface area contributed by atoms with Crippen LogP contribution < -0.4 is 15.6 Å². The van der Waals surface area contributed by atoms with Crippen LogP contribution in [-0.2, 0) is 11.3 Å². The van der Waals surface area contributed by atoms with Gasteiger partial charge >= 0.3 is 0 Å². The molecule has 0 aliphatic rings. The smallest absolute Gasteiger partial charge is 0.259 e. The van der Waals surface area contributed by atoms with E-state index in [0.29, 0.717) is 16.8 Å². The van der Waals surface area contributed by atoms with Crippen LogP contribution in [0.15, 0.2) is 41.3 Å². The minimum atomic E-state index is -0.271. The van der Waals surface area contributed by atoms with E-state index in [-0.39, 0.29) is 18.0 Å². The Kier molecular flexibility index (Phi) is 4.40. The lowest BCUT2D eigenvalue weighted by Gasteiger charge is -2.12. The minimum absolute atomic E-state index is 0.0409. The summed E-state index contributed by atoms with van der Waals surface area (Å²) in [5, 5.41) is 3.46. The number of fused-ring (bicyclic) bond motifs is 1. The van der Waals surface area contributed by atoms with Crippen LogP contribution in [0.1, 0.15) is 10.4 Å². The highest BCUT2D eigenvalue weighted by Crippen LogP contribution is 2.25. The Morgan fingerprint density at radius 1 is 1.25 bits per heavy atom. The van der Waals surface area contributed by atoms with Crippen LogP contribution in [0.2, 0.25) is 0 Å². The van der Waals surface area contributed by atoms with Gasteiger partial charge in [-0.25, -0.2) is 0 Å². The molecule has 1 aromatic carbocycles. The highest BCUT2D eigenvalue weighted by Gasteiger charge is 2.11. The van der Waals surface area contributed by atoms with Gasteiger partial charge in [0.15, 0.2) is 0 Å². The Morgan fingerprint density at radius 3 is 2.79 bits per heavy atom. The number of benzene rings is 1. The first-order valence-electron chi connectivity index (χ1n) is 7.52. The van der Waals surface area contributed by atoms with Gasteiger partial charge in [-0.2, -0.15) is 0 Å². The number of methoxy groups -OCH3 is 1. The van der Waals surface area contributed by atoms with Gasteiger partial charge in [0.25, 0.3) is 5.56 Å². The van der Waals surface area contributed by atoms with E-state index in [1.165, 1.54) is 4.57 Å². The monoisotopic (exact) mass is 342 g/mol. The van der Waals surface area contributed by atoms with Crippen LogP contribution >= 0.6 is 11.3 Å². The molecule has 0 saturated carbocycles. The molecule has 1 amide bonds. The fourth-order valence-electron chi connectivity index (χ4n) is 2.59. The number of ether oxygens (including phenoxy) is 1. The van der Waals surface area contributed by atoms with Crippen LogP contribution in [0.5, 0.6) is 5.75 Å². The van der Waals surface area contributed by atoms with Crippen molar-refractivity contribution in [1.82, 2.24) is 4.57 Å². The molecule has 0 bridgehead atoms. The molecule has 0 atom stereocenters. The highest BCUT2D eigenvalue weighted by atomic mass is 32.1. The lowest BCUT2D eigenvalue weighted by Crippen LogP contribution is -2.27. The van der Waals surface area contributed by atoms with Crippen LogP contribution in [0.4, 0.5) is 5.69 Å². The molecule has 3 aromatic rings. The molecule has 124 valence electrons. The molecule has 0 saturated heterocycles. The summed E-state index contributed by atoms with van der Waals surface area (Å²) in [7, 11) is 1.55. The van der Waals surface area contributed by atoms with Crippen molar-refractivity contribution in [3.8, 4) is 5.75 Å². The standard InChI is InChI=1S/C18H18N2O3S/c1-11-4-5-15(23-3)14(8-11)19-17(21)10-20-7-6-16-13(18(20)22)9-12(2)24-16/h4-9H,10H2,1-3H3,(H,19,21). The predicted molar refractivity (Wildman–Crippen MR) is 97.2 cm³/mol. The van der Waals surface area contributed by atoms with Crippen LogP contribution in [0.3, 0.4) is 0 Å². The number of amides is 1. The molecule has 24 heavy (non-hydrogen) atoms. The van der Waals surface area contributed by atoms with Crippen molar-refractivity contribution in [3.63, 3.8) is 0 Å². The number of nitrogens with one attached hydrogen (secondary N) is 1. The fraction of sp³-hybridized carbons (Fsp3) is 0.222. The first-order chi connectivity index (χ1) is 11.5. The Bertz CT molecular complexity index is 972. The third kappa shape index (κ3) is 3.19. The third-order valence-electron chi connectivity index (χ3n) is 3.72. The van der Waals surface area contributed by atoms with Crippen molar-refractivity contribution in [2.75, 3.05) is 12.4 Å². The zero-order valence-corrected chi connectivity index (χ0v) is 14.6. The number of thiophene rings is 1. The van der Waals surface area contributed by atoms with Crippen molar-refractivity contribution in [1.29, 1.82) is 0 Å². The molecule has 2 aromatic heterocycles. The van der Waals surface area contributed by atoms with Crippen LogP contribution in [-0.4, -0.2) is 17.6 Å². The number of carbonyl (C=O) groups excluding carboxylic acids is 1. The van der Waals surface area contributed by atoms with Crippen molar-refractivity contribution in [2.24, 2.45) is 0 Å². The molecule has 5 nitrogen and oxygen atoms in total. The normalized spacial score (nSPS) is 10.8. The van der Waals surface area contributed by atoms with E-state index < -0.39 is 0 Å². The summed E-state index contributed by atoms with van der Waals surface area (Å²) in [6.45, 7) is 3.86. The number of rotatable bonds is 4. The predicted octanol–water partition coefficient (Wildman–Crippen LogP) is 3.33. The van der Waals surface area contributed by atoms with E-state index in [1.807, 2.05) is 38.1 Å². The molecule has 2 heterocycles. The number of anilines is 1. The molecular weight excluding hydrogens is 324 g/mol. The van der Waals surface area contributed by atoms with E-state index in [1.54, 1.807) is 30.7 Å². The van der Waals surface area contributed by atoms with E-state index in [9.17, 15) is 9.59 Å². The number of pyridine rings is 1. The summed E-state index contributed by atoms with van der Waals surface area (Å²) >= 11 is 1.57. The van der Waals surface area contributed by atoms with Gasteiger partial charge < -0.3 is 14.6 Å². The van der Waals surface area contributed by atoms with Gasteiger partial charge in [0.2, 0.25) is 5.91 Å². The van der Waals surface area contributed by atoms with Crippen molar-refractivity contribution >= 4 is 33.0 Å². The molecule has 0 unspecified atom stereocenters. The van der Waals surface area contributed by atoms with E-state index in [4.69, 9.17) is 4.74 Å². The van der Waals surface area contributed by atoms with Gasteiger partial charge in [0, 0.05) is 15.8 Å². The van der Waals surface area contributed by atoms with Gasteiger partial charge in [-0.15, -0.1) is 11.3 Å². The zero-order valence-electron chi connectivity index (χ0n) is 13.8. The maximum absolute atomic E-state index is 12.5. The molecule has 3 rings (SSSR count). The molecule has 0 spiro atoms.